The van der Waals surface area contributed by atoms with Crippen molar-refractivity contribution in [1.29, 1.82) is 0 Å². The first-order valence-corrected chi connectivity index (χ1v) is 9.06. The molecule has 0 fully saturated rings. The van der Waals surface area contributed by atoms with Gasteiger partial charge in [0.05, 0.1) is 23.4 Å². The molecule has 3 aromatic carbocycles. The van der Waals surface area contributed by atoms with Crippen molar-refractivity contribution in [2.24, 2.45) is 0 Å². The van der Waals surface area contributed by atoms with Gasteiger partial charge >= 0.3 is 5.97 Å². The van der Waals surface area contributed by atoms with Gasteiger partial charge in [-0.2, -0.15) is 0 Å². The Morgan fingerprint density at radius 2 is 1.74 bits per heavy atom. The number of fused-ring (bicyclic) bond motifs is 2. The smallest absolute Gasteiger partial charge is 0.335 e. The van der Waals surface area contributed by atoms with Crippen LogP contribution in [-0.4, -0.2) is 17.0 Å². The molecule has 0 spiro atoms. The second-order valence-electron chi connectivity index (χ2n) is 6.07. The zero-order chi connectivity index (χ0) is 19.0. The largest absolute Gasteiger partial charge is 0.478 e. The van der Waals surface area contributed by atoms with Gasteiger partial charge < -0.3 is 10.0 Å². The van der Waals surface area contributed by atoms with Gasteiger partial charge in [0.25, 0.3) is 5.91 Å². The lowest BCUT2D eigenvalue weighted by Gasteiger charge is -2.23. The molecule has 134 valence electrons. The lowest BCUT2D eigenvalue weighted by atomic mass is 10.1. The molecular weight excluding hydrogens is 365 g/mol. The molecule has 4 rings (SSSR count). The summed E-state index contributed by atoms with van der Waals surface area (Å²) in [6, 6.07) is 18.1. The molecule has 0 radical (unpaired) electrons. The SMILES string of the molecule is O=C(O)c1ccc2c(c1)N(Cc1ccccc1F)C(=O)c1ccccc1S2. The summed E-state index contributed by atoms with van der Waals surface area (Å²) in [5, 5.41) is 9.35. The van der Waals surface area contributed by atoms with E-state index in [2.05, 4.69) is 0 Å². The fourth-order valence-corrected chi connectivity index (χ4v) is 4.07. The molecule has 0 saturated heterocycles. The van der Waals surface area contributed by atoms with Crippen molar-refractivity contribution in [3.05, 3.63) is 89.2 Å². The van der Waals surface area contributed by atoms with Crippen LogP contribution in [0.2, 0.25) is 0 Å². The normalized spacial score (nSPS) is 12.9. The van der Waals surface area contributed by atoms with Gasteiger partial charge in [-0.3, -0.25) is 4.79 Å². The standard InChI is InChI=1S/C21H14FNO3S/c22-16-7-3-1-5-14(16)12-23-17-11-13(21(25)26)9-10-19(17)27-18-8-4-2-6-15(18)20(23)24/h1-11H,12H2,(H,25,26). The third-order valence-electron chi connectivity index (χ3n) is 4.37. The Bertz CT molecular complexity index is 1070. The molecule has 4 nitrogen and oxygen atoms in total. The molecule has 1 aliphatic heterocycles. The Balaban J connectivity index is 1.89. The lowest BCUT2D eigenvalue weighted by molar-refractivity contribution is 0.0696. The van der Waals surface area contributed by atoms with Gasteiger partial charge in [-0.25, -0.2) is 9.18 Å². The topological polar surface area (TPSA) is 57.6 Å². The Hall–Kier alpha value is -3.12. The number of carboxylic acids is 1. The van der Waals surface area contributed by atoms with E-state index in [1.807, 2.05) is 12.1 Å². The fourth-order valence-electron chi connectivity index (χ4n) is 3.01. The van der Waals surface area contributed by atoms with Gasteiger partial charge in [0.2, 0.25) is 0 Å². The van der Waals surface area contributed by atoms with Crippen molar-refractivity contribution in [1.82, 2.24) is 0 Å². The van der Waals surface area contributed by atoms with Crippen molar-refractivity contribution < 1.29 is 19.1 Å². The molecule has 0 aromatic heterocycles. The molecule has 1 N–H and O–H groups in total. The van der Waals surface area contributed by atoms with Gasteiger partial charge in [0.1, 0.15) is 5.82 Å². The Morgan fingerprint density at radius 1 is 1.00 bits per heavy atom. The van der Waals surface area contributed by atoms with E-state index in [0.717, 1.165) is 9.79 Å². The van der Waals surface area contributed by atoms with E-state index in [1.54, 1.807) is 36.4 Å². The molecule has 1 amide bonds. The van der Waals surface area contributed by atoms with Crippen molar-refractivity contribution >= 4 is 29.3 Å². The van der Waals surface area contributed by atoms with Crippen molar-refractivity contribution in [2.45, 2.75) is 16.3 Å². The van der Waals surface area contributed by atoms with E-state index in [0.29, 0.717) is 16.8 Å². The van der Waals surface area contributed by atoms with Crippen molar-refractivity contribution in [2.75, 3.05) is 4.90 Å². The first-order chi connectivity index (χ1) is 13.0. The number of benzene rings is 3. The lowest BCUT2D eigenvalue weighted by Crippen LogP contribution is -2.30. The number of hydrogen-bond donors (Lipinski definition) is 1. The van der Waals surface area contributed by atoms with E-state index in [-0.39, 0.29) is 18.0 Å². The van der Waals surface area contributed by atoms with Gasteiger partial charge in [-0.05, 0) is 36.4 Å². The maximum atomic E-state index is 14.2. The fraction of sp³-hybridized carbons (Fsp3) is 0.0476. The molecule has 6 heteroatoms. The van der Waals surface area contributed by atoms with Gasteiger partial charge in [0, 0.05) is 15.4 Å². The third-order valence-corrected chi connectivity index (χ3v) is 5.51. The van der Waals surface area contributed by atoms with Gasteiger partial charge in [0.15, 0.2) is 0 Å². The minimum atomic E-state index is -1.08. The number of carbonyl (C=O) groups excluding carboxylic acids is 1. The molecule has 0 saturated carbocycles. The maximum absolute atomic E-state index is 14.2. The van der Waals surface area contributed by atoms with Crippen LogP contribution >= 0.6 is 11.8 Å². The molecule has 1 aliphatic rings. The number of carboxylic acid groups (broad SMARTS) is 1. The summed E-state index contributed by atoms with van der Waals surface area (Å²) >= 11 is 1.40. The average molecular weight is 379 g/mol. The summed E-state index contributed by atoms with van der Waals surface area (Å²) in [5.74, 6) is -1.78. The molecule has 27 heavy (non-hydrogen) atoms. The average Bonchev–Trinajstić information content (AvgIpc) is 2.78. The number of rotatable bonds is 3. The van der Waals surface area contributed by atoms with Crippen LogP contribution in [0.5, 0.6) is 0 Å². The first kappa shape index (κ1) is 17.3. The first-order valence-electron chi connectivity index (χ1n) is 8.24. The summed E-state index contributed by atoms with van der Waals surface area (Å²) in [4.78, 5) is 27.6. The van der Waals surface area contributed by atoms with E-state index in [4.69, 9.17) is 0 Å². The quantitative estimate of drug-likeness (QED) is 0.708. The van der Waals surface area contributed by atoms with E-state index < -0.39 is 11.8 Å². The zero-order valence-electron chi connectivity index (χ0n) is 14.1. The summed E-state index contributed by atoms with van der Waals surface area (Å²) in [6.07, 6.45) is 0. The number of amides is 1. The van der Waals surface area contributed by atoms with Crippen LogP contribution in [0, 0.1) is 5.82 Å². The third kappa shape index (κ3) is 3.19. The number of hydrogen-bond acceptors (Lipinski definition) is 3. The van der Waals surface area contributed by atoms with Gasteiger partial charge in [-0.15, -0.1) is 0 Å². The molecule has 1 heterocycles. The van der Waals surface area contributed by atoms with Crippen molar-refractivity contribution in [3.63, 3.8) is 0 Å². The highest BCUT2D eigenvalue weighted by molar-refractivity contribution is 7.99. The predicted molar refractivity (Wildman–Crippen MR) is 101 cm³/mol. The number of aromatic carboxylic acids is 1. The molecule has 0 bridgehead atoms. The van der Waals surface area contributed by atoms with Crippen molar-refractivity contribution in [3.8, 4) is 0 Å². The summed E-state index contributed by atoms with van der Waals surface area (Å²) in [6.45, 7) is 0.0104. The number of nitrogens with zero attached hydrogens (tertiary/aromatic N) is 1. The maximum Gasteiger partial charge on any atom is 0.335 e. The Morgan fingerprint density at radius 3 is 2.52 bits per heavy atom. The van der Waals surface area contributed by atoms with E-state index in [1.165, 1.54) is 34.9 Å². The Labute approximate surface area is 159 Å². The number of anilines is 1. The van der Waals surface area contributed by atoms with Crippen LogP contribution in [0.3, 0.4) is 0 Å². The van der Waals surface area contributed by atoms with Crippen LogP contribution in [0.4, 0.5) is 10.1 Å². The molecule has 0 aliphatic carbocycles. The highest BCUT2D eigenvalue weighted by atomic mass is 32.2. The number of carbonyl (C=O) groups is 2. The van der Waals surface area contributed by atoms with Crippen LogP contribution < -0.4 is 4.90 Å². The Kier molecular flexibility index (Phi) is 4.41. The van der Waals surface area contributed by atoms with Crippen LogP contribution in [0.1, 0.15) is 26.3 Å². The second-order valence-corrected chi connectivity index (χ2v) is 7.15. The molecule has 3 aromatic rings. The minimum absolute atomic E-state index is 0.0104. The highest BCUT2D eigenvalue weighted by Crippen LogP contribution is 2.42. The zero-order valence-corrected chi connectivity index (χ0v) is 14.9. The number of halogens is 1. The van der Waals surface area contributed by atoms with Gasteiger partial charge in [-0.1, -0.05) is 42.1 Å². The summed E-state index contributed by atoms with van der Waals surface area (Å²) in [5.41, 5.74) is 1.41. The van der Waals surface area contributed by atoms with Crippen LogP contribution in [0.25, 0.3) is 0 Å². The summed E-state index contributed by atoms with van der Waals surface area (Å²) in [7, 11) is 0. The molecular formula is C21H14FNO3S. The minimum Gasteiger partial charge on any atom is -0.478 e. The van der Waals surface area contributed by atoms with Crippen LogP contribution in [0.15, 0.2) is 76.5 Å². The van der Waals surface area contributed by atoms with E-state index >= 15 is 0 Å². The van der Waals surface area contributed by atoms with E-state index in [9.17, 15) is 19.1 Å². The summed E-state index contributed by atoms with van der Waals surface area (Å²) < 4.78 is 14.2. The van der Waals surface area contributed by atoms with Crippen LogP contribution in [-0.2, 0) is 6.54 Å². The molecule has 0 unspecified atom stereocenters. The second kappa shape index (κ2) is 6.89. The molecule has 0 atom stereocenters. The highest BCUT2D eigenvalue weighted by Gasteiger charge is 2.28. The monoisotopic (exact) mass is 379 g/mol. The predicted octanol–water partition coefficient (Wildman–Crippen LogP) is 4.84.